The lowest BCUT2D eigenvalue weighted by Crippen LogP contribution is -2.40. The molecule has 2 aromatic carbocycles. The summed E-state index contributed by atoms with van der Waals surface area (Å²) in [5, 5.41) is 7.14. The number of aromatic nitrogens is 2. The fourth-order valence-corrected chi connectivity index (χ4v) is 4.47. The summed E-state index contributed by atoms with van der Waals surface area (Å²) in [5.74, 6) is 0.228. The number of rotatable bonds is 7. The van der Waals surface area contributed by atoms with Crippen molar-refractivity contribution < 1.29 is 13.2 Å². The van der Waals surface area contributed by atoms with Gasteiger partial charge in [0.05, 0.1) is 17.6 Å². The van der Waals surface area contributed by atoms with E-state index in [0.717, 1.165) is 12.0 Å². The van der Waals surface area contributed by atoms with Crippen LogP contribution in [0.15, 0.2) is 65.7 Å². The van der Waals surface area contributed by atoms with Gasteiger partial charge in [-0.25, -0.2) is 17.8 Å². The van der Waals surface area contributed by atoms with Gasteiger partial charge < -0.3 is 5.32 Å². The summed E-state index contributed by atoms with van der Waals surface area (Å²) < 4.78 is 29.1. The number of amides is 1. The molecule has 7 nitrogen and oxygen atoms in total. The molecule has 0 unspecified atom stereocenters. The van der Waals surface area contributed by atoms with Gasteiger partial charge in [0.1, 0.15) is 5.82 Å². The lowest BCUT2D eigenvalue weighted by atomic mass is 10.1. The molecule has 0 aliphatic rings. The van der Waals surface area contributed by atoms with Crippen LogP contribution in [0.2, 0.25) is 0 Å². The first-order valence-corrected chi connectivity index (χ1v) is 11.6. The maximum Gasteiger partial charge on any atom is 0.256 e. The van der Waals surface area contributed by atoms with Crippen LogP contribution in [-0.2, 0) is 23.0 Å². The SMILES string of the molecule is CCc1ccc(Cn2nccc2NC(=O)c2ccc(S(=O)(=O)NC(C)(C)C)cc2)cc1. The number of hydrogen-bond acceptors (Lipinski definition) is 4. The zero-order valence-corrected chi connectivity index (χ0v) is 19.0. The third-order valence-corrected chi connectivity index (χ3v) is 6.36. The number of carbonyl (C=O) groups is 1. The van der Waals surface area contributed by atoms with Gasteiger partial charge in [-0.3, -0.25) is 4.79 Å². The van der Waals surface area contributed by atoms with E-state index in [2.05, 4.69) is 46.3 Å². The number of aryl methyl sites for hydroxylation is 1. The van der Waals surface area contributed by atoms with Crippen LogP contribution in [0.3, 0.4) is 0 Å². The van der Waals surface area contributed by atoms with E-state index < -0.39 is 15.6 Å². The highest BCUT2D eigenvalue weighted by atomic mass is 32.2. The average Bonchev–Trinajstić information content (AvgIpc) is 3.13. The van der Waals surface area contributed by atoms with Crippen molar-refractivity contribution in [3.05, 3.63) is 77.5 Å². The van der Waals surface area contributed by atoms with Crippen molar-refractivity contribution in [2.24, 2.45) is 0 Å². The van der Waals surface area contributed by atoms with Gasteiger partial charge in [0.15, 0.2) is 0 Å². The number of nitrogens with zero attached hydrogens (tertiary/aromatic N) is 2. The Kier molecular flexibility index (Phi) is 6.62. The summed E-state index contributed by atoms with van der Waals surface area (Å²) in [6.07, 6.45) is 2.61. The Labute approximate surface area is 183 Å². The van der Waals surface area contributed by atoms with Gasteiger partial charge >= 0.3 is 0 Å². The molecule has 1 amide bonds. The standard InChI is InChI=1S/C23H28N4O3S/c1-5-17-6-8-18(9-7-17)16-27-21(14-15-24-27)25-22(28)19-10-12-20(13-11-19)31(29,30)26-23(2,3)4/h6-15,26H,5,16H2,1-4H3,(H,25,28). The van der Waals surface area contributed by atoms with Gasteiger partial charge in [0.25, 0.3) is 5.91 Å². The molecule has 0 spiro atoms. The molecule has 31 heavy (non-hydrogen) atoms. The molecular formula is C23H28N4O3S. The van der Waals surface area contributed by atoms with E-state index in [0.29, 0.717) is 17.9 Å². The zero-order chi connectivity index (χ0) is 22.6. The molecule has 8 heteroatoms. The van der Waals surface area contributed by atoms with E-state index in [1.165, 1.54) is 29.8 Å². The lowest BCUT2D eigenvalue weighted by Gasteiger charge is -2.20. The maximum atomic E-state index is 12.7. The number of benzene rings is 2. The van der Waals surface area contributed by atoms with Gasteiger partial charge in [-0.1, -0.05) is 31.2 Å². The van der Waals surface area contributed by atoms with Gasteiger partial charge in [-0.05, 0) is 62.6 Å². The van der Waals surface area contributed by atoms with Crippen molar-refractivity contribution in [1.29, 1.82) is 0 Å². The fraction of sp³-hybridized carbons (Fsp3) is 0.304. The van der Waals surface area contributed by atoms with E-state index in [1.807, 2.05) is 0 Å². The zero-order valence-electron chi connectivity index (χ0n) is 18.2. The van der Waals surface area contributed by atoms with Crippen molar-refractivity contribution in [2.75, 3.05) is 5.32 Å². The number of carbonyl (C=O) groups excluding carboxylic acids is 1. The Morgan fingerprint density at radius 1 is 0.968 bits per heavy atom. The van der Waals surface area contributed by atoms with E-state index in [9.17, 15) is 13.2 Å². The van der Waals surface area contributed by atoms with Gasteiger partial charge in [0, 0.05) is 17.2 Å². The van der Waals surface area contributed by atoms with Crippen LogP contribution in [-0.4, -0.2) is 29.6 Å². The van der Waals surface area contributed by atoms with E-state index in [-0.39, 0.29) is 10.8 Å². The van der Waals surface area contributed by atoms with Gasteiger partial charge in [-0.15, -0.1) is 0 Å². The highest BCUT2D eigenvalue weighted by Crippen LogP contribution is 2.16. The molecule has 3 rings (SSSR count). The molecule has 0 saturated carbocycles. The number of anilines is 1. The van der Waals surface area contributed by atoms with Crippen LogP contribution in [0.1, 0.15) is 49.2 Å². The van der Waals surface area contributed by atoms with Crippen molar-refractivity contribution >= 4 is 21.7 Å². The summed E-state index contributed by atoms with van der Waals surface area (Å²) in [4.78, 5) is 12.8. The number of nitrogens with one attached hydrogen (secondary N) is 2. The quantitative estimate of drug-likeness (QED) is 0.584. The molecule has 0 fully saturated rings. The van der Waals surface area contributed by atoms with Gasteiger partial charge in [0.2, 0.25) is 10.0 Å². The lowest BCUT2D eigenvalue weighted by molar-refractivity contribution is 0.102. The summed E-state index contributed by atoms with van der Waals surface area (Å²) in [6.45, 7) is 7.95. The first-order chi connectivity index (χ1) is 14.6. The Bertz CT molecular complexity index is 1140. The third kappa shape index (κ3) is 6.02. The van der Waals surface area contributed by atoms with E-state index in [4.69, 9.17) is 0 Å². The Balaban J connectivity index is 1.70. The van der Waals surface area contributed by atoms with Crippen molar-refractivity contribution in [1.82, 2.24) is 14.5 Å². The predicted molar refractivity (Wildman–Crippen MR) is 122 cm³/mol. The molecule has 0 atom stereocenters. The minimum Gasteiger partial charge on any atom is -0.307 e. The van der Waals surface area contributed by atoms with Crippen LogP contribution in [0, 0.1) is 0 Å². The average molecular weight is 441 g/mol. The van der Waals surface area contributed by atoms with Crippen LogP contribution < -0.4 is 10.0 Å². The topological polar surface area (TPSA) is 93.1 Å². The van der Waals surface area contributed by atoms with Crippen LogP contribution in [0.4, 0.5) is 5.82 Å². The summed E-state index contributed by atoms with van der Waals surface area (Å²) in [6, 6.07) is 15.8. The minimum absolute atomic E-state index is 0.111. The van der Waals surface area contributed by atoms with Crippen LogP contribution >= 0.6 is 0 Å². The minimum atomic E-state index is -3.65. The van der Waals surface area contributed by atoms with Crippen molar-refractivity contribution in [3.8, 4) is 0 Å². The normalized spacial score (nSPS) is 12.0. The third-order valence-electron chi connectivity index (χ3n) is 4.59. The summed E-state index contributed by atoms with van der Waals surface area (Å²) in [5.41, 5.74) is 2.11. The van der Waals surface area contributed by atoms with Crippen molar-refractivity contribution in [2.45, 2.75) is 51.1 Å². The molecule has 3 aromatic rings. The molecule has 1 heterocycles. The molecule has 0 bridgehead atoms. The second-order valence-corrected chi connectivity index (χ2v) is 10.1. The molecule has 0 aliphatic heterocycles. The van der Waals surface area contributed by atoms with Gasteiger partial charge in [-0.2, -0.15) is 5.10 Å². The Hall–Kier alpha value is -2.97. The summed E-state index contributed by atoms with van der Waals surface area (Å²) in [7, 11) is -3.65. The molecule has 2 N–H and O–H groups in total. The molecule has 0 radical (unpaired) electrons. The monoisotopic (exact) mass is 440 g/mol. The van der Waals surface area contributed by atoms with Crippen molar-refractivity contribution in [3.63, 3.8) is 0 Å². The smallest absolute Gasteiger partial charge is 0.256 e. The van der Waals surface area contributed by atoms with Crippen LogP contribution in [0.5, 0.6) is 0 Å². The molecule has 0 saturated heterocycles. The van der Waals surface area contributed by atoms with Crippen LogP contribution in [0.25, 0.3) is 0 Å². The number of sulfonamides is 1. The molecular weight excluding hydrogens is 412 g/mol. The predicted octanol–water partition coefficient (Wildman–Crippen LogP) is 3.82. The number of hydrogen-bond donors (Lipinski definition) is 2. The first-order valence-electron chi connectivity index (χ1n) is 10.1. The second kappa shape index (κ2) is 9.03. The molecule has 0 aliphatic carbocycles. The molecule has 164 valence electrons. The van der Waals surface area contributed by atoms with E-state index >= 15 is 0 Å². The first kappa shape index (κ1) is 22.7. The maximum absolute atomic E-state index is 12.7. The summed E-state index contributed by atoms with van der Waals surface area (Å²) >= 11 is 0. The Morgan fingerprint density at radius 2 is 1.58 bits per heavy atom. The highest BCUT2D eigenvalue weighted by Gasteiger charge is 2.22. The molecule has 1 aromatic heterocycles. The van der Waals surface area contributed by atoms with E-state index in [1.54, 1.807) is 37.7 Å². The Morgan fingerprint density at radius 3 is 2.16 bits per heavy atom. The highest BCUT2D eigenvalue weighted by molar-refractivity contribution is 7.89. The second-order valence-electron chi connectivity index (χ2n) is 8.38. The largest absolute Gasteiger partial charge is 0.307 e. The fourth-order valence-electron chi connectivity index (χ4n) is 3.05.